The largest absolute Gasteiger partial charge is 0.477 e. The molecule has 6 rings (SSSR count). The maximum atomic E-state index is 11.2. The van der Waals surface area contributed by atoms with Crippen LogP contribution < -0.4 is 4.90 Å². The molecule has 0 saturated heterocycles. The topological polar surface area (TPSA) is 64.3 Å². The average Bonchev–Trinajstić information content (AvgIpc) is 3.63. The first kappa shape index (κ1) is 24.8. The number of carboxylic acids is 1. The van der Waals surface area contributed by atoms with E-state index < -0.39 is 5.97 Å². The highest BCUT2D eigenvalue weighted by Crippen LogP contribution is 2.44. The van der Waals surface area contributed by atoms with Gasteiger partial charge in [-0.3, -0.25) is 0 Å². The molecule has 0 fully saturated rings. The third-order valence-electron chi connectivity index (χ3n) is 6.12. The van der Waals surface area contributed by atoms with E-state index in [-0.39, 0.29) is 5.57 Å². The van der Waals surface area contributed by atoms with Gasteiger partial charge in [0.15, 0.2) is 0 Å². The molecule has 0 amide bonds. The Morgan fingerprint density at radius 3 is 1.82 bits per heavy atom. The van der Waals surface area contributed by atoms with Crippen LogP contribution in [0.2, 0.25) is 0 Å². The molecule has 0 aliphatic carbocycles. The number of carbonyl (C=O) groups is 1. The molecule has 0 saturated carbocycles. The summed E-state index contributed by atoms with van der Waals surface area (Å²) in [5.41, 5.74) is 4.17. The number of para-hydroxylation sites is 2. The number of nitriles is 1. The first-order valence-electron chi connectivity index (χ1n) is 12.1. The summed E-state index contributed by atoms with van der Waals surface area (Å²) in [4.78, 5) is 15.4. The standard InChI is InChI=1S/C32H20N2O2S3/c33-20-22(32(35)36)17-27-19-29-31(38-27)30-28(39-29)18-26(37-30)16-13-21-11-14-25(15-12-21)34(23-7-3-1-4-8-23)24-9-5-2-6-10-24/h1-19H,(H,35,36)/b16-13+,22-17+. The number of nitrogens with zero attached hydrogens (tertiary/aromatic N) is 2. The summed E-state index contributed by atoms with van der Waals surface area (Å²) < 4.78 is 4.67. The highest BCUT2D eigenvalue weighted by Gasteiger charge is 2.14. The molecule has 7 heteroatoms. The SMILES string of the molecule is N#C/C(=C\c1cc2sc3cc(/C=C/c4ccc(N(c5ccccc5)c5ccccc5)cc4)sc3c2s1)C(=O)O. The molecule has 4 nitrogen and oxygen atoms in total. The number of benzene rings is 3. The Hall–Kier alpha value is -4.48. The molecule has 0 radical (unpaired) electrons. The van der Waals surface area contributed by atoms with E-state index in [9.17, 15) is 4.79 Å². The number of carboxylic acid groups (broad SMARTS) is 1. The van der Waals surface area contributed by atoms with Gasteiger partial charge in [-0.15, -0.1) is 34.0 Å². The monoisotopic (exact) mass is 560 g/mol. The molecule has 0 unspecified atom stereocenters. The van der Waals surface area contributed by atoms with Crippen LogP contribution in [0.1, 0.15) is 15.3 Å². The molecular weight excluding hydrogens is 541 g/mol. The van der Waals surface area contributed by atoms with Gasteiger partial charge in [-0.25, -0.2) is 4.79 Å². The highest BCUT2D eigenvalue weighted by atomic mass is 32.1. The van der Waals surface area contributed by atoms with E-state index in [1.165, 1.54) is 26.8 Å². The summed E-state index contributed by atoms with van der Waals surface area (Å²) in [7, 11) is 0. The summed E-state index contributed by atoms with van der Waals surface area (Å²) in [5.74, 6) is -1.20. The van der Waals surface area contributed by atoms with Crippen molar-refractivity contribution in [2.45, 2.75) is 0 Å². The van der Waals surface area contributed by atoms with Crippen LogP contribution in [0.3, 0.4) is 0 Å². The van der Waals surface area contributed by atoms with Crippen molar-refractivity contribution in [2.75, 3.05) is 4.90 Å². The predicted octanol–water partition coefficient (Wildman–Crippen LogP) is 9.81. The highest BCUT2D eigenvalue weighted by molar-refractivity contribution is 7.38. The minimum atomic E-state index is -1.20. The molecule has 0 spiro atoms. The molecular formula is C32H20N2O2S3. The van der Waals surface area contributed by atoms with Crippen molar-refractivity contribution in [3.05, 3.63) is 118 Å². The summed E-state index contributed by atoms with van der Waals surface area (Å²) in [6.45, 7) is 0. The second-order valence-electron chi connectivity index (χ2n) is 8.69. The van der Waals surface area contributed by atoms with E-state index in [1.807, 2.05) is 18.2 Å². The predicted molar refractivity (Wildman–Crippen MR) is 166 cm³/mol. The Kier molecular flexibility index (Phi) is 6.82. The summed E-state index contributed by atoms with van der Waals surface area (Å²) in [6.07, 6.45) is 5.71. The van der Waals surface area contributed by atoms with Gasteiger partial charge in [0.1, 0.15) is 11.6 Å². The first-order chi connectivity index (χ1) is 19.1. The van der Waals surface area contributed by atoms with Gasteiger partial charge in [0.25, 0.3) is 0 Å². The van der Waals surface area contributed by atoms with Crippen LogP contribution >= 0.6 is 34.0 Å². The van der Waals surface area contributed by atoms with Crippen molar-refractivity contribution in [1.82, 2.24) is 0 Å². The van der Waals surface area contributed by atoms with Gasteiger partial charge in [-0.05, 0) is 66.2 Å². The number of aliphatic carboxylic acids is 1. The maximum absolute atomic E-state index is 11.2. The summed E-state index contributed by atoms with van der Waals surface area (Å²) in [6, 6.07) is 35.2. The van der Waals surface area contributed by atoms with E-state index in [4.69, 9.17) is 10.4 Å². The number of anilines is 3. The first-order valence-corrected chi connectivity index (χ1v) is 14.5. The molecule has 0 aliphatic rings. The summed E-state index contributed by atoms with van der Waals surface area (Å²) in [5, 5.41) is 18.2. The fourth-order valence-corrected chi connectivity index (χ4v) is 8.21. The number of hydrogen-bond donors (Lipinski definition) is 1. The van der Waals surface area contributed by atoms with Crippen molar-refractivity contribution in [3.8, 4) is 6.07 Å². The van der Waals surface area contributed by atoms with Gasteiger partial charge in [-0.2, -0.15) is 5.26 Å². The van der Waals surface area contributed by atoms with Gasteiger partial charge in [0, 0.05) is 36.2 Å². The molecule has 6 aromatic rings. The van der Waals surface area contributed by atoms with E-state index >= 15 is 0 Å². The minimum Gasteiger partial charge on any atom is -0.477 e. The van der Waals surface area contributed by atoms with Gasteiger partial charge in [-0.1, -0.05) is 54.6 Å². The Morgan fingerprint density at radius 1 is 0.718 bits per heavy atom. The number of rotatable bonds is 7. The van der Waals surface area contributed by atoms with Crippen LogP contribution in [0.5, 0.6) is 0 Å². The van der Waals surface area contributed by atoms with Crippen LogP contribution in [0.4, 0.5) is 17.1 Å². The Balaban J connectivity index is 1.25. The van der Waals surface area contributed by atoms with Gasteiger partial charge in [0.2, 0.25) is 0 Å². The summed E-state index contributed by atoms with van der Waals surface area (Å²) >= 11 is 4.94. The second-order valence-corrected chi connectivity index (χ2v) is 11.9. The van der Waals surface area contributed by atoms with E-state index in [0.717, 1.165) is 41.8 Å². The zero-order valence-electron chi connectivity index (χ0n) is 20.4. The Morgan fingerprint density at radius 2 is 1.26 bits per heavy atom. The lowest BCUT2D eigenvalue weighted by atomic mass is 10.1. The van der Waals surface area contributed by atoms with Crippen molar-refractivity contribution < 1.29 is 9.90 Å². The van der Waals surface area contributed by atoms with Crippen molar-refractivity contribution in [1.29, 1.82) is 5.26 Å². The zero-order valence-corrected chi connectivity index (χ0v) is 22.9. The second kappa shape index (κ2) is 10.7. The zero-order chi connectivity index (χ0) is 26.8. The molecule has 3 heterocycles. The van der Waals surface area contributed by atoms with E-state index in [2.05, 4.69) is 95.9 Å². The normalized spacial score (nSPS) is 11.8. The van der Waals surface area contributed by atoms with Crippen molar-refractivity contribution >= 4 is 94.1 Å². The smallest absolute Gasteiger partial charge is 0.346 e. The molecule has 1 N–H and O–H groups in total. The third kappa shape index (κ3) is 5.14. The van der Waals surface area contributed by atoms with Crippen LogP contribution in [0, 0.1) is 11.3 Å². The minimum absolute atomic E-state index is 0.253. The molecule has 39 heavy (non-hydrogen) atoms. The number of fused-ring (bicyclic) bond motifs is 3. The fourth-order valence-electron chi connectivity index (χ4n) is 4.32. The van der Waals surface area contributed by atoms with Crippen LogP contribution in [0.15, 0.2) is 103 Å². The molecule has 0 bridgehead atoms. The lowest BCUT2D eigenvalue weighted by Gasteiger charge is -2.25. The van der Waals surface area contributed by atoms with Crippen LogP contribution in [-0.4, -0.2) is 11.1 Å². The molecule has 3 aromatic heterocycles. The maximum Gasteiger partial charge on any atom is 0.346 e. The van der Waals surface area contributed by atoms with Gasteiger partial charge in [0.05, 0.1) is 9.40 Å². The number of thiophene rings is 3. The fraction of sp³-hybridized carbons (Fsp3) is 0. The lowest BCUT2D eigenvalue weighted by molar-refractivity contribution is -0.132. The van der Waals surface area contributed by atoms with Crippen LogP contribution in [-0.2, 0) is 4.79 Å². The molecule has 188 valence electrons. The average molecular weight is 561 g/mol. The number of hydrogen-bond acceptors (Lipinski definition) is 6. The van der Waals surface area contributed by atoms with Crippen LogP contribution in [0.25, 0.3) is 37.0 Å². The van der Waals surface area contributed by atoms with Gasteiger partial charge < -0.3 is 10.0 Å². The Labute approximate surface area is 237 Å². The van der Waals surface area contributed by atoms with Gasteiger partial charge >= 0.3 is 5.97 Å². The molecule has 3 aromatic carbocycles. The quantitative estimate of drug-likeness (QED) is 0.156. The third-order valence-corrected chi connectivity index (χ3v) is 9.81. The van der Waals surface area contributed by atoms with E-state index in [1.54, 1.807) is 28.7 Å². The van der Waals surface area contributed by atoms with E-state index in [0.29, 0.717) is 0 Å². The van der Waals surface area contributed by atoms with Crippen molar-refractivity contribution in [3.63, 3.8) is 0 Å². The lowest BCUT2D eigenvalue weighted by Crippen LogP contribution is -2.09. The Bertz CT molecular complexity index is 1850. The molecule has 0 aliphatic heterocycles. The molecule has 0 atom stereocenters. The van der Waals surface area contributed by atoms with Crippen molar-refractivity contribution in [2.24, 2.45) is 0 Å².